The van der Waals surface area contributed by atoms with E-state index in [2.05, 4.69) is 5.10 Å². The molecule has 0 fully saturated rings. The van der Waals surface area contributed by atoms with E-state index >= 15 is 0 Å². The molecular weight excluding hydrogens is 292 g/mol. The Morgan fingerprint density at radius 3 is 2.27 bits per heavy atom. The second kappa shape index (κ2) is 3.90. The molecule has 0 amide bonds. The average Bonchev–Trinajstić information content (AvgIpc) is 2.92. The second-order valence-corrected chi connectivity index (χ2v) is 5.69. The molecule has 0 aromatic carbocycles. The highest BCUT2D eigenvalue weighted by Gasteiger charge is 2.41. The summed E-state index contributed by atoms with van der Waals surface area (Å²) in [5.41, 5.74) is -1.78. The first-order valence-corrected chi connectivity index (χ1v) is 6.87. The fraction of sp³-hybridized carbons (Fsp3) is 0.500. The number of H-pyrrole nitrogens is 1. The zero-order valence-corrected chi connectivity index (χ0v) is 12.0. The van der Waals surface area contributed by atoms with Crippen LogP contribution in [0.25, 0.3) is 0 Å². The zero-order valence-electron chi connectivity index (χ0n) is 12.0. The maximum atomic E-state index is 12.3. The predicted octanol–water partition coefficient (Wildman–Crippen LogP) is -2.17. The van der Waals surface area contributed by atoms with Crippen molar-refractivity contribution in [2.24, 2.45) is 14.1 Å². The van der Waals surface area contributed by atoms with Gasteiger partial charge in [-0.25, -0.2) is 47.5 Å². The van der Waals surface area contributed by atoms with Crippen LogP contribution in [0.5, 0.6) is 0 Å². The van der Waals surface area contributed by atoms with Gasteiger partial charge in [0.15, 0.2) is 0 Å². The third-order valence-electron chi connectivity index (χ3n) is 4.55. The van der Waals surface area contributed by atoms with Gasteiger partial charge in [-0.05, 0) is 6.42 Å². The lowest BCUT2D eigenvalue weighted by molar-refractivity contribution is 0.167. The van der Waals surface area contributed by atoms with Crippen LogP contribution >= 0.6 is 0 Å². The average molecular weight is 306 g/mol. The van der Waals surface area contributed by atoms with Gasteiger partial charge < -0.3 is 0 Å². The molecule has 2 aromatic heterocycles. The van der Waals surface area contributed by atoms with E-state index in [1.165, 1.54) is 28.1 Å². The van der Waals surface area contributed by atoms with Crippen LogP contribution < -0.4 is 22.8 Å². The van der Waals surface area contributed by atoms with Crippen molar-refractivity contribution in [2.75, 3.05) is 0 Å². The lowest BCUT2D eigenvalue weighted by Gasteiger charge is -2.39. The molecule has 2 bridgehead atoms. The summed E-state index contributed by atoms with van der Waals surface area (Å²) in [5.74, 6) is 0. The molecule has 0 saturated carbocycles. The van der Waals surface area contributed by atoms with E-state index in [4.69, 9.17) is 0 Å². The van der Waals surface area contributed by atoms with Gasteiger partial charge in [-0.2, -0.15) is 0 Å². The highest BCUT2D eigenvalue weighted by atomic mass is 16.2. The molecule has 1 N–H and O–H groups in total. The zero-order chi connectivity index (χ0) is 15.8. The van der Waals surface area contributed by atoms with E-state index in [1.807, 2.05) is 6.08 Å². The summed E-state index contributed by atoms with van der Waals surface area (Å²) in [6.07, 6.45) is 4.12. The van der Waals surface area contributed by atoms with E-state index in [9.17, 15) is 19.2 Å². The molecule has 5 rings (SSSR count). The first kappa shape index (κ1) is 12.9. The Hall–Kier alpha value is -2.78. The van der Waals surface area contributed by atoms with Crippen LogP contribution in [0.15, 0.2) is 31.3 Å². The van der Waals surface area contributed by atoms with Crippen molar-refractivity contribution in [1.29, 1.82) is 0 Å². The Balaban J connectivity index is 1.96. The van der Waals surface area contributed by atoms with Crippen molar-refractivity contribution in [3.8, 4) is 0 Å². The minimum absolute atomic E-state index is 0.313. The molecule has 3 atom stereocenters. The molecule has 10 nitrogen and oxygen atoms in total. The van der Waals surface area contributed by atoms with E-state index in [0.717, 1.165) is 9.13 Å². The summed E-state index contributed by atoms with van der Waals surface area (Å²) < 4.78 is 6.05. The molecular formula is C12H14N6O4. The Labute approximate surface area is 122 Å². The molecule has 10 heteroatoms. The fourth-order valence-corrected chi connectivity index (χ4v) is 3.37. The first-order valence-electron chi connectivity index (χ1n) is 6.87. The third-order valence-corrected chi connectivity index (χ3v) is 4.55. The van der Waals surface area contributed by atoms with Gasteiger partial charge in [-0.15, -0.1) is 0 Å². The maximum absolute atomic E-state index is 12.3. The quantitative estimate of drug-likeness (QED) is 0.605. The summed E-state index contributed by atoms with van der Waals surface area (Å²) in [6.45, 7) is 0. The summed E-state index contributed by atoms with van der Waals surface area (Å²) in [5, 5.41) is 2.51. The van der Waals surface area contributed by atoms with Crippen molar-refractivity contribution in [3.63, 3.8) is 0 Å². The van der Waals surface area contributed by atoms with Gasteiger partial charge in [0.25, 0.3) is 0 Å². The molecule has 4 heterocycles. The van der Waals surface area contributed by atoms with Crippen molar-refractivity contribution in [3.05, 3.63) is 54.1 Å². The summed E-state index contributed by atoms with van der Waals surface area (Å²) in [7, 11) is 2.81. The first-order chi connectivity index (χ1) is 10.4. The van der Waals surface area contributed by atoms with Crippen LogP contribution in [0, 0.1) is 0 Å². The summed E-state index contributed by atoms with van der Waals surface area (Å²) >= 11 is 0. The number of nitrogens with zero attached hydrogens (tertiary/aromatic N) is 5. The predicted molar refractivity (Wildman–Crippen MR) is 75.1 cm³/mol. The molecule has 0 unspecified atom stereocenters. The highest BCUT2D eigenvalue weighted by Crippen LogP contribution is 2.40. The minimum atomic E-state index is -0.506. The lowest BCUT2D eigenvalue weighted by Crippen LogP contribution is -2.46. The molecule has 2 aromatic rings. The molecule has 3 aliphatic rings. The number of nitrogens with one attached hydrogen (secondary N) is 1. The smallest absolute Gasteiger partial charge is 0.246 e. The number of rotatable bonds is 1. The number of aromatic nitrogens is 6. The van der Waals surface area contributed by atoms with E-state index < -0.39 is 29.2 Å². The molecule has 0 spiro atoms. The number of hydrogen-bond acceptors (Lipinski definition) is 4. The number of hydrogen-bond donors (Lipinski definition) is 1. The van der Waals surface area contributed by atoms with E-state index in [-0.39, 0.29) is 11.7 Å². The number of aromatic amines is 1. The van der Waals surface area contributed by atoms with Crippen LogP contribution in [0.2, 0.25) is 0 Å². The lowest BCUT2D eigenvalue weighted by atomic mass is 9.91. The van der Waals surface area contributed by atoms with Gasteiger partial charge in [0, 0.05) is 14.1 Å². The minimum Gasteiger partial charge on any atom is -0.246 e. The topological polar surface area (TPSA) is 109 Å². The fourth-order valence-electron chi connectivity index (χ4n) is 3.37. The molecule has 22 heavy (non-hydrogen) atoms. The highest BCUT2D eigenvalue weighted by molar-refractivity contribution is 5.12. The molecule has 1 aliphatic carbocycles. The Morgan fingerprint density at radius 2 is 1.64 bits per heavy atom. The second-order valence-electron chi connectivity index (χ2n) is 5.69. The third kappa shape index (κ3) is 1.34. The molecule has 0 radical (unpaired) electrons. The van der Waals surface area contributed by atoms with Crippen LogP contribution in [0.1, 0.15) is 24.5 Å². The van der Waals surface area contributed by atoms with Gasteiger partial charge in [0.05, 0.1) is 18.1 Å². The van der Waals surface area contributed by atoms with Crippen LogP contribution in [-0.4, -0.2) is 28.3 Å². The van der Waals surface area contributed by atoms with E-state index in [1.54, 1.807) is 6.08 Å². The Bertz CT molecular complexity index is 1040. The normalized spacial score (nSPS) is 25.6. The van der Waals surface area contributed by atoms with Crippen molar-refractivity contribution in [1.82, 2.24) is 28.3 Å². The summed E-state index contributed by atoms with van der Waals surface area (Å²) in [6, 6.07) is -1.20. The molecule has 0 saturated heterocycles. The van der Waals surface area contributed by atoms with E-state index in [0.29, 0.717) is 6.42 Å². The standard InChI is InChI=1S/C12H14N6O4/c1-14-9(19)13-16(10(14)20)8-5-6-3-4-7(8)18-12(22)15(2)11(21)17(6)18/h3-4,6-8H,5H2,1-2H3,(H,13,19)/t6-,7+,8+/m0/s1. The van der Waals surface area contributed by atoms with Crippen LogP contribution in [0.3, 0.4) is 0 Å². The Morgan fingerprint density at radius 1 is 0.955 bits per heavy atom. The van der Waals surface area contributed by atoms with Gasteiger partial charge in [-0.3, -0.25) is 0 Å². The number of fused-ring (bicyclic) bond motifs is 1. The Kier molecular flexibility index (Phi) is 2.29. The monoisotopic (exact) mass is 306 g/mol. The van der Waals surface area contributed by atoms with Crippen molar-refractivity contribution in [2.45, 2.75) is 24.5 Å². The largest absolute Gasteiger partial charge is 0.347 e. The number of allylic oxidation sites excluding steroid dienone is 2. The molecule has 116 valence electrons. The van der Waals surface area contributed by atoms with Crippen molar-refractivity contribution >= 4 is 0 Å². The maximum Gasteiger partial charge on any atom is 0.347 e. The van der Waals surface area contributed by atoms with Gasteiger partial charge in [0.1, 0.15) is 0 Å². The van der Waals surface area contributed by atoms with Crippen LogP contribution in [0.4, 0.5) is 0 Å². The SMILES string of the molecule is Cn1c(=O)[nH]n([C@@H]2C[C@@H]3C=C[C@H]2n2c(=O)n(C)c(=O)n23)c1=O. The van der Waals surface area contributed by atoms with Gasteiger partial charge >= 0.3 is 22.8 Å². The van der Waals surface area contributed by atoms with Gasteiger partial charge in [0.2, 0.25) is 0 Å². The molecule has 2 aliphatic heterocycles. The van der Waals surface area contributed by atoms with Gasteiger partial charge in [-0.1, -0.05) is 12.2 Å². The van der Waals surface area contributed by atoms with Crippen molar-refractivity contribution < 1.29 is 0 Å². The van der Waals surface area contributed by atoms with Crippen LogP contribution in [-0.2, 0) is 14.1 Å². The summed E-state index contributed by atoms with van der Waals surface area (Å²) in [4.78, 5) is 48.2.